The highest BCUT2D eigenvalue weighted by atomic mass is 35.5. The van der Waals surface area contributed by atoms with Gasteiger partial charge in [-0.2, -0.15) is 5.10 Å². The fourth-order valence-electron chi connectivity index (χ4n) is 1.74. The lowest BCUT2D eigenvalue weighted by molar-refractivity contribution is 0.0679. The molecule has 0 aliphatic rings. The van der Waals surface area contributed by atoms with Crippen LogP contribution in [-0.2, 0) is 0 Å². The van der Waals surface area contributed by atoms with Gasteiger partial charge < -0.3 is 9.84 Å². The van der Waals surface area contributed by atoms with Crippen LogP contribution in [0.5, 0.6) is 5.75 Å². The number of halogens is 1. The van der Waals surface area contributed by atoms with Gasteiger partial charge in [0.1, 0.15) is 11.4 Å². The van der Waals surface area contributed by atoms with Crippen molar-refractivity contribution in [1.82, 2.24) is 9.78 Å². The lowest BCUT2D eigenvalue weighted by Crippen LogP contribution is -2.13. The molecule has 0 unspecified atom stereocenters. The van der Waals surface area contributed by atoms with Crippen LogP contribution in [0.2, 0.25) is 5.02 Å². The van der Waals surface area contributed by atoms with Crippen molar-refractivity contribution in [1.29, 1.82) is 0 Å². The molecule has 6 nitrogen and oxygen atoms in total. The fraction of sp³-hybridized carbons (Fsp3) is 0.214. The van der Waals surface area contributed by atoms with Crippen LogP contribution in [0.1, 0.15) is 40.9 Å². The topological polar surface area (TPSA) is 81.4 Å². The number of rotatable bonds is 4. The highest BCUT2D eigenvalue weighted by molar-refractivity contribution is 6.30. The van der Waals surface area contributed by atoms with Crippen molar-refractivity contribution >= 4 is 23.5 Å². The average molecular weight is 309 g/mol. The molecule has 0 amide bonds. The van der Waals surface area contributed by atoms with Crippen molar-refractivity contribution in [3.63, 3.8) is 0 Å². The Morgan fingerprint density at radius 1 is 1.33 bits per heavy atom. The van der Waals surface area contributed by atoms with Gasteiger partial charge >= 0.3 is 11.9 Å². The highest BCUT2D eigenvalue weighted by Crippen LogP contribution is 2.19. The number of esters is 1. The monoisotopic (exact) mass is 308 g/mol. The molecule has 0 saturated heterocycles. The zero-order valence-corrected chi connectivity index (χ0v) is 12.2. The van der Waals surface area contributed by atoms with Crippen LogP contribution in [0, 0.1) is 0 Å². The van der Waals surface area contributed by atoms with Crippen LogP contribution in [0.15, 0.2) is 30.3 Å². The van der Waals surface area contributed by atoms with E-state index < -0.39 is 11.9 Å². The summed E-state index contributed by atoms with van der Waals surface area (Å²) >= 11 is 5.80. The minimum absolute atomic E-state index is 0.0666. The third kappa shape index (κ3) is 3.41. The summed E-state index contributed by atoms with van der Waals surface area (Å²) in [5.74, 6) is -1.62. The zero-order valence-electron chi connectivity index (χ0n) is 11.4. The standard InChI is InChI=1S/C14H13ClN2O4/c1-8(2)17-12(13(18)19)7-11(16-17)14(20)21-10-5-3-4-9(15)6-10/h3-8H,1-2H3,(H,18,19). The molecule has 0 fully saturated rings. The van der Waals surface area contributed by atoms with E-state index in [1.807, 2.05) is 0 Å². The number of ether oxygens (including phenoxy) is 1. The number of aromatic carboxylic acids is 1. The minimum Gasteiger partial charge on any atom is -0.477 e. The summed E-state index contributed by atoms with van der Waals surface area (Å²) in [6, 6.07) is 7.34. The number of benzene rings is 1. The van der Waals surface area contributed by atoms with Crippen molar-refractivity contribution in [2.45, 2.75) is 19.9 Å². The quantitative estimate of drug-likeness (QED) is 0.693. The summed E-state index contributed by atoms with van der Waals surface area (Å²) in [7, 11) is 0. The van der Waals surface area contributed by atoms with E-state index >= 15 is 0 Å². The van der Waals surface area contributed by atoms with Gasteiger partial charge in [0.2, 0.25) is 0 Å². The Balaban J connectivity index is 2.27. The van der Waals surface area contributed by atoms with Crippen LogP contribution >= 0.6 is 11.6 Å². The summed E-state index contributed by atoms with van der Waals surface area (Å²) in [6.45, 7) is 3.54. The van der Waals surface area contributed by atoms with E-state index in [1.165, 1.54) is 16.8 Å². The van der Waals surface area contributed by atoms with Gasteiger partial charge in [-0.15, -0.1) is 0 Å². The van der Waals surface area contributed by atoms with Crippen molar-refractivity contribution in [3.05, 3.63) is 46.7 Å². The van der Waals surface area contributed by atoms with Crippen LogP contribution in [0.4, 0.5) is 0 Å². The zero-order chi connectivity index (χ0) is 15.6. The second-order valence-corrected chi connectivity index (χ2v) is 5.04. The lowest BCUT2D eigenvalue weighted by atomic mass is 10.3. The SMILES string of the molecule is CC(C)n1nc(C(=O)Oc2cccc(Cl)c2)cc1C(=O)O. The third-order valence-electron chi connectivity index (χ3n) is 2.66. The number of aromatic nitrogens is 2. The van der Waals surface area contributed by atoms with Gasteiger partial charge in [0, 0.05) is 17.1 Å². The van der Waals surface area contributed by atoms with Crippen LogP contribution in [0.3, 0.4) is 0 Å². The number of carbonyl (C=O) groups is 2. The highest BCUT2D eigenvalue weighted by Gasteiger charge is 2.21. The largest absolute Gasteiger partial charge is 0.477 e. The molecular formula is C14H13ClN2O4. The average Bonchev–Trinajstić information content (AvgIpc) is 2.84. The lowest BCUT2D eigenvalue weighted by Gasteiger charge is -2.07. The van der Waals surface area contributed by atoms with E-state index in [0.717, 1.165) is 0 Å². The first-order valence-electron chi connectivity index (χ1n) is 6.19. The van der Waals surface area contributed by atoms with Gasteiger partial charge in [0.05, 0.1) is 0 Å². The van der Waals surface area contributed by atoms with Crippen molar-refractivity contribution in [3.8, 4) is 5.75 Å². The maximum absolute atomic E-state index is 12.0. The Bertz CT molecular complexity index is 694. The molecular weight excluding hydrogens is 296 g/mol. The molecule has 0 saturated carbocycles. The normalized spacial score (nSPS) is 10.7. The molecule has 2 aromatic rings. The predicted molar refractivity (Wildman–Crippen MR) is 76.0 cm³/mol. The Morgan fingerprint density at radius 3 is 2.57 bits per heavy atom. The smallest absolute Gasteiger partial charge is 0.364 e. The summed E-state index contributed by atoms with van der Waals surface area (Å²) < 4.78 is 6.38. The van der Waals surface area contributed by atoms with E-state index in [2.05, 4.69) is 5.10 Å². The molecule has 0 aliphatic carbocycles. The van der Waals surface area contributed by atoms with Crippen molar-refractivity contribution < 1.29 is 19.4 Å². The summed E-state index contributed by atoms with van der Waals surface area (Å²) in [6.07, 6.45) is 0. The van der Waals surface area contributed by atoms with Gasteiger partial charge in [0.15, 0.2) is 5.69 Å². The fourth-order valence-corrected chi connectivity index (χ4v) is 1.92. The van der Waals surface area contributed by atoms with Gasteiger partial charge in [-0.3, -0.25) is 4.68 Å². The number of nitrogens with zero attached hydrogens (tertiary/aromatic N) is 2. The maximum Gasteiger partial charge on any atom is 0.364 e. The van der Waals surface area contributed by atoms with E-state index in [0.29, 0.717) is 5.02 Å². The third-order valence-corrected chi connectivity index (χ3v) is 2.89. The maximum atomic E-state index is 12.0. The molecule has 1 heterocycles. The van der Waals surface area contributed by atoms with Crippen LogP contribution in [0.25, 0.3) is 0 Å². The summed E-state index contributed by atoms with van der Waals surface area (Å²) in [5, 5.41) is 13.5. The molecule has 2 rings (SSSR count). The number of carboxylic acid groups (broad SMARTS) is 1. The van der Waals surface area contributed by atoms with Gasteiger partial charge in [-0.1, -0.05) is 17.7 Å². The minimum atomic E-state index is -1.15. The van der Waals surface area contributed by atoms with Gasteiger partial charge in [-0.25, -0.2) is 9.59 Å². The summed E-state index contributed by atoms with van der Waals surface area (Å²) in [5.41, 5.74) is -0.135. The molecule has 1 aromatic carbocycles. The number of hydrogen-bond acceptors (Lipinski definition) is 4. The molecule has 7 heteroatoms. The predicted octanol–water partition coefficient (Wildman–Crippen LogP) is 3.03. The van der Waals surface area contributed by atoms with E-state index in [-0.39, 0.29) is 23.2 Å². The molecule has 0 bridgehead atoms. The molecule has 1 aromatic heterocycles. The number of carbonyl (C=O) groups excluding carboxylic acids is 1. The Labute approximate surface area is 125 Å². The van der Waals surface area contributed by atoms with Gasteiger partial charge in [0.25, 0.3) is 0 Å². The van der Waals surface area contributed by atoms with Crippen LogP contribution < -0.4 is 4.74 Å². The second-order valence-electron chi connectivity index (χ2n) is 4.61. The Morgan fingerprint density at radius 2 is 2.05 bits per heavy atom. The Kier molecular flexibility index (Phi) is 4.28. The first-order chi connectivity index (χ1) is 9.88. The molecule has 0 aliphatic heterocycles. The van der Waals surface area contributed by atoms with Gasteiger partial charge in [-0.05, 0) is 32.0 Å². The number of hydrogen-bond donors (Lipinski definition) is 1. The second kappa shape index (κ2) is 5.97. The van der Waals surface area contributed by atoms with E-state index in [1.54, 1.807) is 32.0 Å². The van der Waals surface area contributed by atoms with E-state index in [4.69, 9.17) is 21.4 Å². The molecule has 1 N–H and O–H groups in total. The molecule has 0 radical (unpaired) electrons. The molecule has 21 heavy (non-hydrogen) atoms. The van der Waals surface area contributed by atoms with Crippen LogP contribution in [-0.4, -0.2) is 26.8 Å². The first kappa shape index (κ1) is 15.1. The number of carboxylic acids is 1. The Hall–Kier alpha value is -2.34. The first-order valence-corrected chi connectivity index (χ1v) is 6.57. The van der Waals surface area contributed by atoms with E-state index in [9.17, 15) is 9.59 Å². The molecule has 0 atom stereocenters. The molecule has 110 valence electrons. The van der Waals surface area contributed by atoms with Crippen molar-refractivity contribution in [2.75, 3.05) is 0 Å². The van der Waals surface area contributed by atoms with Crippen molar-refractivity contribution in [2.24, 2.45) is 0 Å². The summed E-state index contributed by atoms with van der Waals surface area (Å²) in [4.78, 5) is 23.1. The molecule has 0 spiro atoms.